The predicted molar refractivity (Wildman–Crippen MR) is 78.8 cm³/mol. The van der Waals surface area contributed by atoms with E-state index in [1.807, 2.05) is 6.92 Å². The maximum absolute atomic E-state index is 12.2. The summed E-state index contributed by atoms with van der Waals surface area (Å²) in [5.74, 6) is -0.591. The average molecular weight is 296 g/mol. The van der Waals surface area contributed by atoms with E-state index in [1.54, 1.807) is 17.9 Å². The summed E-state index contributed by atoms with van der Waals surface area (Å²) in [6, 6.07) is 1.60. The molecule has 0 aliphatic carbocycles. The zero-order valence-electron chi connectivity index (χ0n) is 11.8. The molecule has 1 amide bonds. The molecule has 5 nitrogen and oxygen atoms in total. The minimum atomic E-state index is -0.746. The van der Waals surface area contributed by atoms with Crippen molar-refractivity contribution in [3.05, 3.63) is 15.8 Å². The van der Waals surface area contributed by atoms with E-state index < -0.39 is 12.1 Å². The molecule has 0 spiro atoms. The van der Waals surface area contributed by atoms with Crippen LogP contribution in [0.3, 0.4) is 0 Å². The normalized spacial score (nSPS) is 16.8. The van der Waals surface area contributed by atoms with Crippen molar-refractivity contribution in [3.8, 4) is 0 Å². The van der Waals surface area contributed by atoms with Gasteiger partial charge in [0.05, 0.1) is 0 Å². The van der Waals surface area contributed by atoms with Gasteiger partial charge in [-0.15, -0.1) is 11.3 Å². The molecule has 2 rings (SSSR count). The van der Waals surface area contributed by atoms with Crippen LogP contribution in [-0.2, 0) is 9.53 Å². The number of aryl methyl sites for hydroxylation is 1. The molecule has 1 aromatic rings. The summed E-state index contributed by atoms with van der Waals surface area (Å²) in [6.45, 7) is 4.98. The Hall–Kier alpha value is -1.56. The predicted octanol–water partition coefficient (Wildman–Crippen LogP) is 2.20. The number of thiophene rings is 1. The summed E-state index contributed by atoms with van der Waals surface area (Å²) in [7, 11) is 0. The third-order valence-electron chi connectivity index (χ3n) is 3.46. The molecule has 110 valence electrons. The fourth-order valence-corrected chi connectivity index (χ4v) is 3.06. The second-order valence-corrected chi connectivity index (χ2v) is 6.31. The van der Waals surface area contributed by atoms with Crippen molar-refractivity contribution in [2.75, 3.05) is 18.8 Å². The van der Waals surface area contributed by atoms with Crippen LogP contribution in [0.15, 0.2) is 6.07 Å². The third-order valence-corrected chi connectivity index (χ3v) is 4.50. The number of nitrogen functional groups attached to an aromatic ring is 1. The van der Waals surface area contributed by atoms with E-state index >= 15 is 0 Å². The topological polar surface area (TPSA) is 72.6 Å². The van der Waals surface area contributed by atoms with Gasteiger partial charge in [-0.25, -0.2) is 4.79 Å². The van der Waals surface area contributed by atoms with E-state index in [-0.39, 0.29) is 5.91 Å². The summed E-state index contributed by atoms with van der Waals surface area (Å²) < 4.78 is 5.24. The lowest BCUT2D eigenvalue weighted by atomic mass is 10.1. The molecule has 0 bridgehead atoms. The summed E-state index contributed by atoms with van der Waals surface area (Å²) in [5.41, 5.74) is 6.29. The Kier molecular flexibility index (Phi) is 4.65. The molecule has 1 saturated heterocycles. The number of carbonyl (C=O) groups excluding carboxylic acids is 2. The Bertz CT molecular complexity index is 487. The third kappa shape index (κ3) is 3.30. The first-order valence-corrected chi connectivity index (χ1v) is 7.66. The smallest absolute Gasteiger partial charge is 0.349 e. The van der Waals surface area contributed by atoms with E-state index in [2.05, 4.69) is 0 Å². The number of likely N-dealkylation sites (tertiary alicyclic amines) is 1. The Balaban J connectivity index is 1.94. The molecule has 1 aliphatic heterocycles. The summed E-state index contributed by atoms with van der Waals surface area (Å²) >= 11 is 1.29. The van der Waals surface area contributed by atoms with Crippen molar-refractivity contribution in [2.24, 2.45) is 0 Å². The van der Waals surface area contributed by atoms with Crippen molar-refractivity contribution in [3.63, 3.8) is 0 Å². The van der Waals surface area contributed by atoms with Crippen LogP contribution in [0.4, 0.5) is 5.69 Å². The van der Waals surface area contributed by atoms with Crippen LogP contribution < -0.4 is 5.73 Å². The summed E-state index contributed by atoms with van der Waals surface area (Å²) in [5, 5.41) is 0. The molecule has 0 aromatic carbocycles. The summed E-state index contributed by atoms with van der Waals surface area (Å²) in [4.78, 5) is 27.2. The minimum absolute atomic E-state index is 0.112. The average Bonchev–Trinajstić information content (AvgIpc) is 2.79. The van der Waals surface area contributed by atoms with E-state index in [1.165, 1.54) is 11.3 Å². The van der Waals surface area contributed by atoms with E-state index in [4.69, 9.17) is 10.5 Å². The number of rotatable bonds is 3. The van der Waals surface area contributed by atoms with Crippen LogP contribution in [0.2, 0.25) is 0 Å². The zero-order chi connectivity index (χ0) is 14.7. The number of hydrogen-bond acceptors (Lipinski definition) is 5. The highest BCUT2D eigenvalue weighted by atomic mass is 32.1. The van der Waals surface area contributed by atoms with Crippen LogP contribution in [0.1, 0.15) is 40.7 Å². The lowest BCUT2D eigenvalue weighted by Gasteiger charge is -2.28. The maximum Gasteiger partial charge on any atom is 0.349 e. The highest BCUT2D eigenvalue weighted by Gasteiger charge is 2.26. The minimum Gasteiger partial charge on any atom is -0.448 e. The van der Waals surface area contributed by atoms with Gasteiger partial charge in [0.15, 0.2) is 6.10 Å². The van der Waals surface area contributed by atoms with Crippen molar-refractivity contribution >= 4 is 28.9 Å². The largest absolute Gasteiger partial charge is 0.448 e. The lowest BCUT2D eigenvalue weighted by molar-refractivity contribution is -0.140. The summed E-state index contributed by atoms with van der Waals surface area (Å²) in [6.07, 6.45) is 2.45. The Morgan fingerprint density at radius 1 is 1.35 bits per heavy atom. The van der Waals surface area contributed by atoms with Gasteiger partial charge >= 0.3 is 5.97 Å². The van der Waals surface area contributed by atoms with Crippen LogP contribution in [0.5, 0.6) is 0 Å². The van der Waals surface area contributed by atoms with E-state index in [9.17, 15) is 9.59 Å². The Morgan fingerprint density at radius 2 is 2.00 bits per heavy atom. The standard InChI is InChI=1S/C14H20N2O3S/c1-9(13(17)16-6-4-3-5-7-16)19-14(18)12-8-11(15)10(2)20-12/h8-9H,3-7,15H2,1-2H3. The fraction of sp³-hybridized carbons (Fsp3) is 0.571. The van der Waals surface area contributed by atoms with Gasteiger partial charge in [0.2, 0.25) is 0 Å². The molecule has 6 heteroatoms. The number of ether oxygens (including phenoxy) is 1. The van der Waals surface area contributed by atoms with Gasteiger partial charge in [0, 0.05) is 23.7 Å². The first-order chi connectivity index (χ1) is 9.49. The van der Waals surface area contributed by atoms with Gasteiger partial charge in [-0.1, -0.05) is 0 Å². The molecule has 1 fully saturated rings. The quantitative estimate of drug-likeness (QED) is 0.868. The second kappa shape index (κ2) is 6.26. The number of nitrogens with zero attached hydrogens (tertiary/aromatic N) is 1. The van der Waals surface area contributed by atoms with Crippen molar-refractivity contribution < 1.29 is 14.3 Å². The zero-order valence-corrected chi connectivity index (χ0v) is 12.7. The van der Waals surface area contributed by atoms with Gasteiger partial charge in [0.1, 0.15) is 4.88 Å². The molecule has 1 atom stereocenters. The van der Waals surface area contributed by atoms with Gasteiger partial charge in [-0.2, -0.15) is 0 Å². The number of anilines is 1. The first kappa shape index (κ1) is 14.8. The monoisotopic (exact) mass is 296 g/mol. The highest BCUT2D eigenvalue weighted by molar-refractivity contribution is 7.14. The molecular formula is C14H20N2O3S. The number of hydrogen-bond donors (Lipinski definition) is 1. The fourth-order valence-electron chi connectivity index (χ4n) is 2.24. The second-order valence-electron chi connectivity index (χ2n) is 5.06. The molecule has 20 heavy (non-hydrogen) atoms. The molecule has 1 unspecified atom stereocenters. The van der Waals surface area contributed by atoms with Crippen molar-refractivity contribution in [1.29, 1.82) is 0 Å². The van der Waals surface area contributed by atoms with Gasteiger partial charge in [-0.3, -0.25) is 4.79 Å². The highest BCUT2D eigenvalue weighted by Crippen LogP contribution is 2.24. The lowest BCUT2D eigenvalue weighted by Crippen LogP contribution is -2.42. The Labute approximate surface area is 122 Å². The van der Waals surface area contributed by atoms with E-state index in [0.29, 0.717) is 10.6 Å². The number of piperidine rings is 1. The van der Waals surface area contributed by atoms with Gasteiger partial charge in [0.25, 0.3) is 5.91 Å². The molecule has 1 aromatic heterocycles. The number of amides is 1. The van der Waals surface area contributed by atoms with Crippen LogP contribution in [0.25, 0.3) is 0 Å². The molecular weight excluding hydrogens is 276 g/mol. The van der Waals surface area contributed by atoms with Crippen LogP contribution >= 0.6 is 11.3 Å². The number of esters is 1. The Morgan fingerprint density at radius 3 is 2.55 bits per heavy atom. The number of nitrogens with two attached hydrogens (primary N) is 1. The molecule has 2 heterocycles. The van der Waals surface area contributed by atoms with E-state index in [0.717, 1.165) is 37.2 Å². The van der Waals surface area contributed by atoms with Crippen molar-refractivity contribution in [1.82, 2.24) is 4.90 Å². The van der Waals surface area contributed by atoms with Gasteiger partial charge < -0.3 is 15.4 Å². The first-order valence-electron chi connectivity index (χ1n) is 6.84. The van der Waals surface area contributed by atoms with Gasteiger partial charge in [-0.05, 0) is 39.2 Å². The van der Waals surface area contributed by atoms with Crippen LogP contribution in [0, 0.1) is 6.92 Å². The SMILES string of the molecule is Cc1sc(C(=O)OC(C)C(=O)N2CCCCC2)cc1N. The van der Waals surface area contributed by atoms with Crippen molar-refractivity contribution in [2.45, 2.75) is 39.2 Å². The molecule has 1 aliphatic rings. The number of carbonyl (C=O) groups is 2. The molecule has 2 N–H and O–H groups in total. The maximum atomic E-state index is 12.2. The molecule has 0 radical (unpaired) electrons. The molecule has 0 saturated carbocycles. The van der Waals surface area contributed by atoms with Crippen LogP contribution in [-0.4, -0.2) is 36.0 Å².